The van der Waals surface area contributed by atoms with Gasteiger partial charge in [0.2, 0.25) is 0 Å². The minimum absolute atomic E-state index is 0.788. The Kier molecular flexibility index (Phi) is 8.70. The van der Waals surface area contributed by atoms with Crippen LogP contribution in [-0.4, -0.2) is 13.1 Å². The van der Waals surface area contributed by atoms with Gasteiger partial charge in [0.1, 0.15) is 0 Å². The largest absolute Gasteiger partial charge is 0.271 e. The molecule has 61 valence electrons. The van der Waals surface area contributed by atoms with Crippen molar-refractivity contribution >= 4 is 0 Å². The molecule has 5 N–H and O–H groups in total. The summed E-state index contributed by atoms with van der Waals surface area (Å²) in [5.41, 5.74) is 6.12. The van der Waals surface area contributed by atoms with Crippen LogP contribution in [0, 0.1) is 0 Å². The average Bonchev–Trinajstić information content (AvgIpc) is 1.97. The number of nitrogens with zero attached hydrogens (tertiary/aromatic N) is 1. The summed E-state index contributed by atoms with van der Waals surface area (Å²) >= 11 is 0. The smallest absolute Gasteiger partial charge is 0.0301 e. The van der Waals surface area contributed by atoms with Crippen LogP contribution in [0.1, 0.15) is 25.7 Å². The van der Waals surface area contributed by atoms with Crippen LogP contribution in [0.5, 0.6) is 0 Å². The van der Waals surface area contributed by atoms with Gasteiger partial charge in [-0.15, -0.1) is 0 Å². The predicted octanol–water partition coefficient (Wildman–Crippen LogP) is -0.512. The van der Waals surface area contributed by atoms with Crippen molar-refractivity contribution in [2.75, 3.05) is 13.1 Å². The first-order chi connectivity index (χ1) is 4.91. The zero-order valence-corrected chi connectivity index (χ0v) is 6.34. The number of hydrogen-bond acceptors (Lipinski definition) is 3. The lowest BCUT2D eigenvalue weighted by Gasteiger charge is -1.98. The molecule has 0 aliphatic rings. The Balaban J connectivity index is 2.65. The molecule has 1 radical (unpaired) electrons. The van der Waals surface area contributed by atoms with Gasteiger partial charge in [-0.25, -0.2) is 0 Å². The van der Waals surface area contributed by atoms with E-state index in [0.717, 1.165) is 25.9 Å². The molecule has 0 aromatic carbocycles. The van der Waals surface area contributed by atoms with Crippen molar-refractivity contribution in [2.45, 2.75) is 25.7 Å². The van der Waals surface area contributed by atoms with Crippen LogP contribution in [0.4, 0.5) is 0 Å². The van der Waals surface area contributed by atoms with Crippen LogP contribution < -0.4 is 22.5 Å². The summed E-state index contributed by atoms with van der Waals surface area (Å²) in [5.74, 6) is 10.0. The molecule has 0 heterocycles. The Morgan fingerprint density at radius 1 is 1.10 bits per heavy atom. The summed E-state index contributed by atoms with van der Waals surface area (Å²) in [6.45, 7) is 1.69. The topological polar surface area (TPSA) is 78.2 Å². The van der Waals surface area contributed by atoms with Gasteiger partial charge in [0.05, 0.1) is 0 Å². The number of rotatable bonds is 7. The lowest BCUT2D eigenvalue weighted by atomic mass is 10.2. The van der Waals surface area contributed by atoms with E-state index in [4.69, 9.17) is 11.7 Å². The maximum absolute atomic E-state index is 5.08. The number of hydrazine groups is 1. The fraction of sp³-hybridized carbons (Fsp3) is 1.00. The molecule has 0 amide bonds. The normalized spacial score (nSPS) is 10.2. The van der Waals surface area contributed by atoms with Crippen LogP contribution in [0.2, 0.25) is 0 Å². The van der Waals surface area contributed by atoms with Gasteiger partial charge < -0.3 is 0 Å². The lowest BCUT2D eigenvalue weighted by molar-refractivity contribution is 0.573. The third kappa shape index (κ3) is 7.84. The highest BCUT2D eigenvalue weighted by Gasteiger charge is 1.87. The number of unbranched alkanes of at least 4 members (excludes halogenated alkanes) is 3. The van der Waals surface area contributed by atoms with E-state index in [9.17, 15) is 0 Å². The molecule has 0 unspecified atom stereocenters. The quantitative estimate of drug-likeness (QED) is 0.256. The third-order valence-corrected chi connectivity index (χ3v) is 1.36. The highest BCUT2D eigenvalue weighted by molar-refractivity contribution is 4.45. The minimum atomic E-state index is 0.788. The van der Waals surface area contributed by atoms with Crippen molar-refractivity contribution < 1.29 is 0 Å². The van der Waals surface area contributed by atoms with E-state index in [1.807, 2.05) is 0 Å². The van der Waals surface area contributed by atoms with Crippen LogP contribution in [0.25, 0.3) is 0 Å². The molecule has 4 nitrogen and oxygen atoms in total. The second kappa shape index (κ2) is 8.84. The van der Waals surface area contributed by atoms with Crippen LogP contribution in [-0.2, 0) is 0 Å². The maximum atomic E-state index is 5.08. The van der Waals surface area contributed by atoms with Gasteiger partial charge in [-0.3, -0.25) is 17.1 Å². The molecular formula is C6H17N4. The van der Waals surface area contributed by atoms with E-state index in [1.165, 1.54) is 12.8 Å². The summed E-state index contributed by atoms with van der Waals surface area (Å²) in [6, 6.07) is 0. The van der Waals surface area contributed by atoms with Crippen molar-refractivity contribution in [2.24, 2.45) is 11.7 Å². The summed E-state index contributed by atoms with van der Waals surface area (Å²) in [6.07, 6.45) is 4.64. The summed E-state index contributed by atoms with van der Waals surface area (Å²) in [4.78, 5) is 0. The first-order valence-electron chi connectivity index (χ1n) is 3.72. The average molecular weight is 145 g/mol. The fourth-order valence-electron chi connectivity index (χ4n) is 0.784. The van der Waals surface area contributed by atoms with Crippen molar-refractivity contribution in [3.05, 3.63) is 0 Å². The molecule has 4 heteroatoms. The van der Waals surface area contributed by atoms with E-state index in [-0.39, 0.29) is 0 Å². The second-order valence-electron chi connectivity index (χ2n) is 2.27. The highest BCUT2D eigenvalue weighted by atomic mass is 15.2. The molecule has 0 bridgehead atoms. The Morgan fingerprint density at radius 3 is 2.40 bits per heavy atom. The summed E-state index contributed by atoms with van der Waals surface area (Å²) in [5, 5.41) is 0. The van der Waals surface area contributed by atoms with Gasteiger partial charge >= 0.3 is 0 Å². The van der Waals surface area contributed by atoms with Gasteiger partial charge in [-0.1, -0.05) is 12.8 Å². The van der Waals surface area contributed by atoms with Gasteiger partial charge in [0.25, 0.3) is 0 Å². The maximum Gasteiger partial charge on any atom is 0.0301 e. The molecule has 0 fully saturated rings. The van der Waals surface area contributed by atoms with Crippen molar-refractivity contribution in [3.8, 4) is 0 Å². The fourth-order valence-corrected chi connectivity index (χ4v) is 0.784. The highest BCUT2D eigenvalue weighted by Crippen LogP contribution is 1.96. The van der Waals surface area contributed by atoms with E-state index in [2.05, 4.69) is 10.9 Å². The Morgan fingerprint density at radius 2 is 1.80 bits per heavy atom. The van der Waals surface area contributed by atoms with Crippen LogP contribution in [0.3, 0.4) is 0 Å². The molecule has 0 aliphatic carbocycles. The van der Waals surface area contributed by atoms with Crippen LogP contribution in [0.15, 0.2) is 0 Å². The van der Waals surface area contributed by atoms with Gasteiger partial charge in [0.15, 0.2) is 0 Å². The summed E-state index contributed by atoms with van der Waals surface area (Å²) in [7, 11) is 0. The standard InChI is InChI=1S/C6H17N4/c7-9-5-3-1-2-4-6-10-8/h9H,1-8H2. The molecule has 0 atom stereocenters. The lowest BCUT2D eigenvalue weighted by Crippen LogP contribution is -2.22. The van der Waals surface area contributed by atoms with Gasteiger partial charge in [-0.05, 0) is 12.8 Å². The van der Waals surface area contributed by atoms with E-state index >= 15 is 0 Å². The first kappa shape index (κ1) is 9.84. The Labute approximate surface area is 62.3 Å². The van der Waals surface area contributed by atoms with Crippen molar-refractivity contribution in [1.82, 2.24) is 10.9 Å². The Bertz CT molecular complexity index is 49.7. The Hall–Kier alpha value is -0.160. The van der Waals surface area contributed by atoms with Gasteiger partial charge in [0, 0.05) is 13.1 Å². The van der Waals surface area contributed by atoms with E-state index in [1.54, 1.807) is 0 Å². The number of nitrogens with two attached hydrogens (primary N) is 2. The zero-order valence-electron chi connectivity index (χ0n) is 6.34. The molecule has 0 saturated heterocycles. The molecule has 0 spiro atoms. The van der Waals surface area contributed by atoms with Crippen molar-refractivity contribution in [1.29, 1.82) is 0 Å². The molecular weight excluding hydrogens is 128 g/mol. The van der Waals surface area contributed by atoms with Gasteiger partial charge in [-0.2, -0.15) is 5.43 Å². The second-order valence-corrected chi connectivity index (χ2v) is 2.27. The number of nitrogens with one attached hydrogen (secondary N) is 1. The third-order valence-electron chi connectivity index (χ3n) is 1.36. The zero-order chi connectivity index (χ0) is 7.66. The minimum Gasteiger partial charge on any atom is -0.271 e. The van der Waals surface area contributed by atoms with Crippen LogP contribution >= 0.6 is 0 Å². The molecule has 0 aliphatic heterocycles. The van der Waals surface area contributed by atoms with E-state index in [0.29, 0.717) is 0 Å². The SMILES string of the molecule is N[N]CCCCCCNN. The first-order valence-corrected chi connectivity index (χ1v) is 3.72. The molecule has 0 saturated carbocycles. The molecule has 0 aromatic heterocycles. The van der Waals surface area contributed by atoms with Crippen molar-refractivity contribution in [3.63, 3.8) is 0 Å². The summed E-state index contributed by atoms with van der Waals surface area (Å²) < 4.78 is 0. The molecule has 0 aromatic rings. The predicted molar refractivity (Wildman–Crippen MR) is 41.8 cm³/mol. The molecule has 0 rings (SSSR count). The monoisotopic (exact) mass is 145 g/mol. The number of hydrogen-bond donors (Lipinski definition) is 3. The van der Waals surface area contributed by atoms with E-state index < -0.39 is 0 Å². The molecule has 10 heavy (non-hydrogen) atoms.